The average molecular weight is 614 g/mol. The molecule has 2 rings (SSSR count). The number of hydrogen-bond acceptors (Lipinski definition) is 5. The van der Waals surface area contributed by atoms with Crippen LogP contribution in [0.15, 0.2) is 45.3 Å². The topological polar surface area (TPSA) is 82.1 Å². The molecule has 0 atom stereocenters. The number of aliphatic carboxylic acids is 1. The lowest BCUT2D eigenvalue weighted by Gasteiger charge is -2.16. The van der Waals surface area contributed by atoms with Crippen molar-refractivity contribution < 1.29 is 28.9 Å². The van der Waals surface area contributed by atoms with E-state index in [4.69, 9.17) is 19.3 Å². The number of halogens is 2. The van der Waals surface area contributed by atoms with Crippen LogP contribution in [0.4, 0.5) is 0 Å². The number of aryl methyl sites for hydroxylation is 1. The summed E-state index contributed by atoms with van der Waals surface area (Å²) >= 11 is 6.94. The number of hydrogen-bond donors (Lipinski definition) is 1. The zero-order valence-electron chi connectivity index (χ0n) is 20.2. The predicted octanol–water partition coefficient (Wildman–Crippen LogP) is 7.13. The predicted molar refractivity (Wildman–Crippen MR) is 143 cm³/mol. The summed E-state index contributed by atoms with van der Waals surface area (Å²) in [6.07, 6.45) is 6.38. The first-order valence-electron chi connectivity index (χ1n) is 12.1. The molecule has 0 aliphatic heterocycles. The van der Waals surface area contributed by atoms with Crippen LogP contribution in [-0.2, 0) is 27.2 Å². The maximum absolute atomic E-state index is 11.9. The average Bonchev–Trinajstić information content (AvgIpc) is 2.80. The highest BCUT2D eigenvalue weighted by atomic mass is 79.9. The van der Waals surface area contributed by atoms with Crippen molar-refractivity contribution >= 4 is 43.8 Å². The van der Waals surface area contributed by atoms with Gasteiger partial charge in [-0.2, -0.15) is 0 Å². The third kappa shape index (κ3) is 12.0. The summed E-state index contributed by atoms with van der Waals surface area (Å²) in [5.41, 5.74) is 2.18. The minimum Gasteiger partial charge on any atom is -0.494 e. The number of carbonyl (C=O) groups is 2. The van der Waals surface area contributed by atoms with Crippen molar-refractivity contribution in [2.24, 2.45) is 0 Å². The molecule has 0 saturated carbocycles. The van der Waals surface area contributed by atoms with Crippen molar-refractivity contribution in [3.8, 4) is 11.5 Å². The lowest BCUT2D eigenvalue weighted by Crippen LogP contribution is -2.09. The summed E-state index contributed by atoms with van der Waals surface area (Å²) in [4.78, 5) is 22.7. The number of ether oxygens (including phenoxy) is 3. The fraction of sp³-hybridized carbons (Fsp3) is 0.481. The van der Waals surface area contributed by atoms with E-state index in [1.807, 2.05) is 30.3 Å². The SMILES string of the molecule is CCOC(=O)CCc1c(CCCCCCOc2cc(Br)cc(Br)c2)cccc1OCCCC(=O)O. The summed E-state index contributed by atoms with van der Waals surface area (Å²) in [6, 6.07) is 11.8. The van der Waals surface area contributed by atoms with Crippen LogP contribution in [0.3, 0.4) is 0 Å². The van der Waals surface area contributed by atoms with E-state index in [2.05, 4.69) is 37.9 Å². The quantitative estimate of drug-likeness (QED) is 0.151. The molecule has 8 heteroatoms. The minimum absolute atomic E-state index is 0.0698. The molecule has 0 amide bonds. The van der Waals surface area contributed by atoms with Gasteiger partial charge in [0, 0.05) is 21.8 Å². The van der Waals surface area contributed by atoms with Gasteiger partial charge in [0.2, 0.25) is 0 Å². The van der Waals surface area contributed by atoms with Crippen molar-refractivity contribution in [1.29, 1.82) is 0 Å². The summed E-state index contributed by atoms with van der Waals surface area (Å²) in [7, 11) is 0. The van der Waals surface area contributed by atoms with Crippen LogP contribution in [0.25, 0.3) is 0 Å². The van der Waals surface area contributed by atoms with Gasteiger partial charge in [0.25, 0.3) is 0 Å². The fourth-order valence-corrected chi connectivity index (χ4v) is 4.95. The Labute approximate surface area is 224 Å². The van der Waals surface area contributed by atoms with E-state index in [1.165, 1.54) is 5.56 Å². The number of unbranched alkanes of at least 4 members (excludes halogenated alkanes) is 3. The van der Waals surface area contributed by atoms with E-state index in [0.29, 0.717) is 39.1 Å². The van der Waals surface area contributed by atoms with Gasteiger partial charge in [-0.05, 0) is 74.4 Å². The molecule has 0 spiro atoms. The first kappa shape index (κ1) is 29.2. The lowest BCUT2D eigenvalue weighted by atomic mass is 9.96. The zero-order valence-corrected chi connectivity index (χ0v) is 23.4. The Kier molecular flexibility index (Phi) is 13.8. The van der Waals surface area contributed by atoms with Crippen LogP contribution in [0.5, 0.6) is 11.5 Å². The molecule has 0 unspecified atom stereocenters. The second kappa shape index (κ2) is 16.6. The summed E-state index contributed by atoms with van der Waals surface area (Å²) < 4.78 is 18.8. The molecule has 0 aliphatic carbocycles. The molecule has 1 N–H and O–H groups in total. The maximum Gasteiger partial charge on any atom is 0.306 e. The number of carboxylic acids is 1. The Morgan fingerprint density at radius 1 is 0.857 bits per heavy atom. The molecule has 0 radical (unpaired) electrons. The van der Waals surface area contributed by atoms with Crippen LogP contribution in [0, 0.1) is 0 Å². The van der Waals surface area contributed by atoms with Crippen molar-refractivity contribution in [3.05, 3.63) is 56.5 Å². The van der Waals surface area contributed by atoms with Gasteiger partial charge in [0.15, 0.2) is 0 Å². The third-order valence-electron chi connectivity index (χ3n) is 5.35. The van der Waals surface area contributed by atoms with Crippen LogP contribution in [0.2, 0.25) is 0 Å². The Morgan fingerprint density at radius 2 is 1.57 bits per heavy atom. The van der Waals surface area contributed by atoms with E-state index >= 15 is 0 Å². The molecule has 0 saturated heterocycles. The summed E-state index contributed by atoms with van der Waals surface area (Å²) in [6.45, 7) is 3.16. The molecule has 0 aliphatic rings. The van der Waals surface area contributed by atoms with Crippen molar-refractivity contribution in [2.45, 2.75) is 64.7 Å². The van der Waals surface area contributed by atoms with Gasteiger partial charge in [-0.3, -0.25) is 9.59 Å². The van der Waals surface area contributed by atoms with Gasteiger partial charge >= 0.3 is 11.9 Å². The fourth-order valence-electron chi connectivity index (χ4n) is 3.70. The molecule has 0 aromatic heterocycles. The molecular weight excluding hydrogens is 580 g/mol. The van der Waals surface area contributed by atoms with Crippen molar-refractivity contribution in [1.82, 2.24) is 0 Å². The van der Waals surface area contributed by atoms with Crippen molar-refractivity contribution in [3.63, 3.8) is 0 Å². The van der Waals surface area contributed by atoms with Gasteiger partial charge in [0.05, 0.1) is 19.8 Å². The molecule has 192 valence electrons. The van der Waals surface area contributed by atoms with Crippen LogP contribution < -0.4 is 9.47 Å². The van der Waals surface area contributed by atoms with E-state index < -0.39 is 5.97 Å². The molecule has 0 fully saturated rings. The number of esters is 1. The van der Waals surface area contributed by atoms with Gasteiger partial charge in [0.1, 0.15) is 11.5 Å². The molecule has 0 bridgehead atoms. The van der Waals surface area contributed by atoms with Crippen LogP contribution >= 0.6 is 31.9 Å². The Hall–Kier alpha value is -2.06. The second-order valence-electron chi connectivity index (χ2n) is 8.16. The van der Waals surface area contributed by atoms with Gasteiger partial charge < -0.3 is 19.3 Å². The summed E-state index contributed by atoms with van der Waals surface area (Å²) in [5.74, 6) is 0.514. The summed E-state index contributed by atoms with van der Waals surface area (Å²) in [5, 5.41) is 8.84. The highest BCUT2D eigenvalue weighted by Crippen LogP contribution is 2.27. The smallest absolute Gasteiger partial charge is 0.306 e. The largest absolute Gasteiger partial charge is 0.494 e. The number of carbonyl (C=O) groups excluding carboxylic acids is 1. The first-order valence-corrected chi connectivity index (χ1v) is 13.7. The number of benzene rings is 2. The van der Waals surface area contributed by atoms with E-state index in [0.717, 1.165) is 58.1 Å². The normalized spacial score (nSPS) is 10.7. The van der Waals surface area contributed by atoms with Crippen molar-refractivity contribution in [2.75, 3.05) is 19.8 Å². The molecule has 2 aromatic rings. The van der Waals surface area contributed by atoms with Crippen LogP contribution in [0.1, 0.15) is 63.0 Å². The molecule has 35 heavy (non-hydrogen) atoms. The van der Waals surface area contributed by atoms with E-state index in [9.17, 15) is 9.59 Å². The highest BCUT2D eigenvalue weighted by Gasteiger charge is 2.13. The van der Waals surface area contributed by atoms with Crippen LogP contribution in [-0.4, -0.2) is 36.9 Å². The van der Waals surface area contributed by atoms with E-state index in [1.54, 1.807) is 6.92 Å². The Balaban J connectivity index is 1.84. The molecule has 2 aromatic carbocycles. The zero-order chi connectivity index (χ0) is 25.5. The number of rotatable bonds is 17. The first-order chi connectivity index (χ1) is 16.9. The molecule has 6 nitrogen and oxygen atoms in total. The highest BCUT2D eigenvalue weighted by molar-refractivity contribution is 9.11. The standard InChI is InChI=1S/C27H34Br2O6/c1-2-33-27(32)14-13-24-20(10-7-11-25(24)35-16-8-12-26(30)31)9-5-3-4-6-15-34-23-18-21(28)17-22(29)19-23/h7,10-11,17-19H,2-6,8-9,12-16H2,1H3,(H,30,31). The van der Waals surface area contributed by atoms with Gasteiger partial charge in [-0.1, -0.05) is 56.8 Å². The van der Waals surface area contributed by atoms with E-state index in [-0.39, 0.29) is 12.4 Å². The van der Waals surface area contributed by atoms with Gasteiger partial charge in [-0.25, -0.2) is 0 Å². The lowest BCUT2D eigenvalue weighted by molar-refractivity contribution is -0.143. The maximum atomic E-state index is 11.9. The van der Waals surface area contributed by atoms with Gasteiger partial charge in [-0.15, -0.1) is 0 Å². The minimum atomic E-state index is -0.834. The second-order valence-corrected chi connectivity index (χ2v) is 9.99. The Bertz CT molecular complexity index is 927. The molecular formula is C27H34Br2O6. The number of carboxylic acid groups (broad SMARTS) is 1. The monoisotopic (exact) mass is 612 g/mol. The Morgan fingerprint density at radius 3 is 2.29 bits per heavy atom. The molecule has 0 heterocycles. The third-order valence-corrected chi connectivity index (χ3v) is 6.27.